The minimum atomic E-state index is 0.228. The van der Waals surface area contributed by atoms with Crippen molar-refractivity contribution in [2.45, 2.75) is 25.3 Å². The molecule has 1 aromatic heterocycles. The minimum absolute atomic E-state index is 0.228. The Bertz CT molecular complexity index is 547. The number of nitrogens with zero attached hydrogens (tertiary/aromatic N) is 2. The maximum atomic E-state index is 5.32. The Kier molecular flexibility index (Phi) is 3.46. The van der Waals surface area contributed by atoms with Crippen molar-refractivity contribution in [2.75, 3.05) is 13.7 Å². The summed E-state index contributed by atoms with van der Waals surface area (Å²) in [5.74, 6) is 2.27. The lowest BCUT2D eigenvalue weighted by molar-refractivity contribution is 0.341. The summed E-state index contributed by atoms with van der Waals surface area (Å²) in [7, 11) is 1.66. The van der Waals surface area contributed by atoms with Crippen LogP contribution >= 0.6 is 0 Å². The second-order valence-electron chi connectivity index (χ2n) is 4.73. The fourth-order valence-corrected chi connectivity index (χ4v) is 2.34. The number of nitrogens with one attached hydrogen (secondary N) is 1. The van der Waals surface area contributed by atoms with Crippen LogP contribution in [0.3, 0.4) is 0 Å². The first kappa shape index (κ1) is 12.2. The molecule has 0 spiro atoms. The molecule has 1 atom stereocenters. The molecule has 0 saturated carbocycles. The fourth-order valence-electron chi connectivity index (χ4n) is 2.34. The second-order valence-corrected chi connectivity index (χ2v) is 4.73. The Morgan fingerprint density at radius 2 is 2.42 bits per heavy atom. The lowest BCUT2D eigenvalue weighted by atomic mass is 10.1. The number of ether oxygens (including phenoxy) is 1. The van der Waals surface area contributed by atoms with Crippen LogP contribution in [0.1, 0.15) is 36.2 Å². The zero-order valence-corrected chi connectivity index (χ0v) is 10.9. The van der Waals surface area contributed by atoms with E-state index >= 15 is 0 Å². The number of methoxy groups -OCH3 is 1. The van der Waals surface area contributed by atoms with Gasteiger partial charge in [0.15, 0.2) is 5.82 Å². The molecule has 0 radical (unpaired) electrons. The Hall–Kier alpha value is -1.88. The largest absolute Gasteiger partial charge is 0.497 e. The summed E-state index contributed by atoms with van der Waals surface area (Å²) in [5.41, 5.74) is 1.12. The summed E-state index contributed by atoms with van der Waals surface area (Å²) in [6, 6.07) is 8.14. The van der Waals surface area contributed by atoms with Crippen LogP contribution in [0.5, 0.6) is 5.75 Å². The molecule has 1 aromatic carbocycles. The average Bonchev–Trinajstić information content (AvgIpc) is 3.09. The molecular weight excluding hydrogens is 242 g/mol. The normalized spacial score (nSPS) is 18.7. The maximum absolute atomic E-state index is 5.32. The summed E-state index contributed by atoms with van der Waals surface area (Å²) in [6.45, 7) is 1.03. The lowest BCUT2D eigenvalue weighted by Crippen LogP contribution is -2.13. The van der Waals surface area contributed by atoms with Gasteiger partial charge in [0.2, 0.25) is 5.89 Å². The Morgan fingerprint density at radius 1 is 1.47 bits per heavy atom. The van der Waals surface area contributed by atoms with Crippen LogP contribution in [0.2, 0.25) is 0 Å². The molecule has 0 bridgehead atoms. The van der Waals surface area contributed by atoms with Crippen molar-refractivity contribution in [3.63, 3.8) is 0 Å². The molecule has 1 N–H and O–H groups in total. The highest BCUT2D eigenvalue weighted by atomic mass is 16.5. The molecule has 1 fully saturated rings. The number of aromatic nitrogens is 2. The molecule has 0 aliphatic carbocycles. The lowest BCUT2D eigenvalue weighted by Gasteiger charge is -2.02. The van der Waals surface area contributed by atoms with E-state index in [-0.39, 0.29) is 6.04 Å². The van der Waals surface area contributed by atoms with E-state index in [0.717, 1.165) is 36.5 Å². The first-order chi connectivity index (χ1) is 9.35. The third-order valence-corrected chi connectivity index (χ3v) is 3.34. The average molecular weight is 259 g/mol. The van der Waals surface area contributed by atoms with Crippen molar-refractivity contribution in [3.05, 3.63) is 41.5 Å². The topological polar surface area (TPSA) is 60.2 Å². The van der Waals surface area contributed by atoms with Crippen molar-refractivity contribution in [3.8, 4) is 5.75 Å². The highest BCUT2D eigenvalue weighted by Gasteiger charge is 2.22. The Labute approximate surface area is 112 Å². The van der Waals surface area contributed by atoms with Gasteiger partial charge in [-0.05, 0) is 37.1 Å². The van der Waals surface area contributed by atoms with Gasteiger partial charge in [-0.1, -0.05) is 17.3 Å². The summed E-state index contributed by atoms with van der Waals surface area (Å²) in [5, 5.41) is 7.40. The van der Waals surface area contributed by atoms with Gasteiger partial charge in [0.05, 0.1) is 13.2 Å². The summed E-state index contributed by atoms with van der Waals surface area (Å²) in [4.78, 5) is 4.46. The van der Waals surface area contributed by atoms with Gasteiger partial charge < -0.3 is 14.6 Å². The monoisotopic (exact) mass is 259 g/mol. The molecule has 100 valence electrons. The Morgan fingerprint density at radius 3 is 3.21 bits per heavy atom. The molecule has 5 nitrogen and oxygen atoms in total. The van der Waals surface area contributed by atoms with Crippen molar-refractivity contribution >= 4 is 0 Å². The van der Waals surface area contributed by atoms with Gasteiger partial charge in [0.25, 0.3) is 0 Å². The number of hydrogen-bond donors (Lipinski definition) is 1. The SMILES string of the molecule is COc1cccc(Cc2noc([C@@H]3CCCN3)n2)c1. The van der Waals surface area contributed by atoms with Crippen LogP contribution in [-0.4, -0.2) is 23.8 Å². The Balaban J connectivity index is 1.72. The van der Waals surface area contributed by atoms with Crippen LogP contribution in [0.4, 0.5) is 0 Å². The zero-order valence-electron chi connectivity index (χ0n) is 10.9. The van der Waals surface area contributed by atoms with E-state index in [1.165, 1.54) is 0 Å². The quantitative estimate of drug-likeness (QED) is 0.911. The van der Waals surface area contributed by atoms with E-state index in [9.17, 15) is 0 Å². The molecule has 1 saturated heterocycles. The van der Waals surface area contributed by atoms with Crippen molar-refractivity contribution in [2.24, 2.45) is 0 Å². The zero-order chi connectivity index (χ0) is 13.1. The number of rotatable bonds is 4. The molecular formula is C14H17N3O2. The van der Waals surface area contributed by atoms with Crippen LogP contribution in [0.15, 0.2) is 28.8 Å². The van der Waals surface area contributed by atoms with E-state index in [2.05, 4.69) is 15.5 Å². The maximum Gasteiger partial charge on any atom is 0.243 e. The third-order valence-electron chi connectivity index (χ3n) is 3.34. The first-order valence-electron chi connectivity index (χ1n) is 6.54. The number of benzene rings is 1. The van der Waals surface area contributed by atoms with E-state index in [4.69, 9.17) is 9.26 Å². The molecule has 2 heterocycles. The molecule has 3 rings (SSSR count). The molecule has 5 heteroatoms. The first-order valence-corrected chi connectivity index (χ1v) is 6.54. The molecule has 2 aromatic rings. The highest BCUT2D eigenvalue weighted by Crippen LogP contribution is 2.22. The van der Waals surface area contributed by atoms with Crippen LogP contribution < -0.4 is 10.1 Å². The van der Waals surface area contributed by atoms with E-state index in [1.807, 2.05) is 24.3 Å². The van der Waals surface area contributed by atoms with Crippen LogP contribution in [0.25, 0.3) is 0 Å². The number of hydrogen-bond acceptors (Lipinski definition) is 5. The minimum Gasteiger partial charge on any atom is -0.497 e. The summed E-state index contributed by atoms with van der Waals surface area (Å²) in [6.07, 6.45) is 2.90. The van der Waals surface area contributed by atoms with E-state index in [1.54, 1.807) is 7.11 Å². The standard InChI is InChI=1S/C14H17N3O2/c1-18-11-5-2-4-10(8-11)9-13-16-14(19-17-13)12-6-3-7-15-12/h2,4-5,8,12,15H,3,6-7,9H2,1H3/t12-/m0/s1. The molecule has 1 aliphatic rings. The highest BCUT2D eigenvalue weighted by molar-refractivity contribution is 5.30. The van der Waals surface area contributed by atoms with Gasteiger partial charge in [0, 0.05) is 6.42 Å². The summed E-state index contributed by atoms with van der Waals surface area (Å²) >= 11 is 0. The molecule has 1 aliphatic heterocycles. The van der Waals surface area contributed by atoms with Crippen LogP contribution in [-0.2, 0) is 6.42 Å². The molecule has 0 amide bonds. The molecule has 19 heavy (non-hydrogen) atoms. The van der Waals surface area contributed by atoms with Gasteiger partial charge in [-0.2, -0.15) is 4.98 Å². The van der Waals surface area contributed by atoms with Crippen LogP contribution in [0, 0.1) is 0 Å². The fraction of sp³-hybridized carbons (Fsp3) is 0.429. The van der Waals surface area contributed by atoms with Crippen molar-refractivity contribution in [1.82, 2.24) is 15.5 Å². The molecule has 0 unspecified atom stereocenters. The van der Waals surface area contributed by atoms with E-state index < -0.39 is 0 Å². The van der Waals surface area contributed by atoms with Crippen molar-refractivity contribution < 1.29 is 9.26 Å². The van der Waals surface area contributed by atoms with Gasteiger partial charge >= 0.3 is 0 Å². The van der Waals surface area contributed by atoms with Gasteiger partial charge in [-0.25, -0.2) is 0 Å². The third kappa shape index (κ3) is 2.76. The van der Waals surface area contributed by atoms with Crippen molar-refractivity contribution in [1.29, 1.82) is 0 Å². The van der Waals surface area contributed by atoms with Gasteiger partial charge in [-0.15, -0.1) is 0 Å². The van der Waals surface area contributed by atoms with Gasteiger partial charge in [-0.3, -0.25) is 0 Å². The summed E-state index contributed by atoms with van der Waals surface area (Å²) < 4.78 is 10.5. The predicted molar refractivity (Wildman–Crippen MR) is 70.1 cm³/mol. The smallest absolute Gasteiger partial charge is 0.243 e. The van der Waals surface area contributed by atoms with Gasteiger partial charge in [0.1, 0.15) is 5.75 Å². The second kappa shape index (κ2) is 5.40. The van der Waals surface area contributed by atoms with E-state index in [0.29, 0.717) is 12.3 Å². The predicted octanol–water partition coefficient (Wildman–Crippen LogP) is 2.09.